The summed E-state index contributed by atoms with van der Waals surface area (Å²) < 4.78 is 5.07. The molecule has 0 saturated heterocycles. The molecule has 0 radical (unpaired) electrons. The highest BCUT2D eigenvalue weighted by molar-refractivity contribution is 5.92. The number of anilines is 1. The summed E-state index contributed by atoms with van der Waals surface area (Å²) in [5, 5.41) is 6.16. The average Bonchev–Trinajstić information content (AvgIpc) is 2.35. The fourth-order valence-electron chi connectivity index (χ4n) is 2.24. The molecule has 1 aliphatic carbocycles. The van der Waals surface area contributed by atoms with Gasteiger partial charge in [0.25, 0.3) is 0 Å². The summed E-state index contributed by atoms with van der Waals surface area (Å²) in [5.41, 5.74) is 0.795. The van der Waals surface area contributed by atoms with Crippen LogP contribution in [-0.4, -0.2) is 25.6 Å². The van der Waals surface area contributed by atoms with Gasteiger partial charge in [-0.15, -0.1) is 0 Å². The van der Waals surface area contributed by atoms with Crippen molar-refractivity contribution >= 4 is 11.6 Å². The molecular formula is C15H22N2O2. The second-order valence-electron chi connectivity index (χ2n) is 5.14. The Hall–Kier alpha value is -1.55. The lowest BCUT2D eigenvalue weighted by atomic mass is 9.80. The number of nitrogens with one attached hydrogen (secondary N) is 2. The van der Waals surface area contributed by atoms with Crippen molar-refractivity contribution in [2.24, 2.45) is 5.92 Å². The molecule has 0 heterocycles. The summed E-state index contributed by atoms with van der Waals surface area (Å²) in [7, 11) is 1.62. The number of carbonyl (C=O) groups is 1. The van der Waals surface area contributed by atoms with Gasteiger partial charge in [0.15, 0.2) is 0 Å². The molecule has 1 amide bonds. The highest BCUT2D eigenvalue weighted by atomic mass is 16.5. The van der Waals surface area contributed by atoms with Gasteiger partial charge in [-0.05, 0) is 49.9 Å². The molecule has 0 aliphatic heterocycles. The van der Waals surface area contributed by atoms with Gasteiger partial charge in [-0.25, -0.2) is 0 Å². The van der Waals surface area contributed by atoms with E-state index in [0.29, 0.717) is 12.6 Å². The molecule has 4 nitrogen and oxygen atoms in total. The molecule has 1 unspecified atom stereocenters. The minimum Gasteiger partial charge on any atom is -0.497 e. The highest BCUT2D eigenvalue weighted by Gasteiger charge is 2.23. The van der Waals surface area contributed by atoms with Crippen LogP contribution in [0.5, 0.6) is 5.75 Å². The zero-order valence-electron chi connectivity index (χ0n) is 11.6. The molecular weight excluding hydrogens is 240 g/mol. The third-order valence-electron chi connectivity index (χ3n) is 3.82. The van der Waals surface area contributed by atoms with E-state index >= 15 is 0 Å². The van der Waals surface area contributed by atoms with Gasteiger partial charge in [0.2, 0.25) is 5.91 Å². The molecule has 19 heavy (non-hydrogen) atoms. The monoisotopic (exact) mass is 262 g/mol. The van der Waals surface area contributed by atoms with Crippen LogP contribution in [0.25, 0.3) is 0 Å². The maximum atomic E-state index is 11.8. The number of hydrogen-bond donors (Lipinski definition) is 2. The predicted molar refractivity (Wildman–Crippen MR) is 76.4 cm³/mol. The molecule has 0 aromatic heterocycles. The zero-order chi connectivity index (χ0) is 13.7. The first-order valence-electron chi connectivity index (χ1n) is 6.86. The first-order valence-corrected chi connectivity index (χ1v) is 6.86. The minimum absolute atomic E-state index is 0.00339. The van der Waals surface area contributed by atoms with Gasteiger partial charge in [-0.1, -0.05) is 6.42 Å². The molecule has 0 bridgehead atoms. The quantitative estimate of drug-likeness (QED) is 0.827. The van der Waals surface area contributed by atoms with Crippen LogP contribution in [0.3, 0.4) is 0 Å². The Morgan fingerprint density at radius 3 is 2.58 bits per heavy atom. The molecule has 1 aliphatic rings. The first-order chi connectivity index (χ1) is 9.19. The van der Waals surface area contributed by atoms with Crippen molar-refractivity contribution in [3.63, 3.8) is 0 Å². The fourth-order valence-corrected chi connectivity index (χ4v) is 2.24. The Labute approximate surface area is 114 Å². The molecule has 2 N–H and O–H groups in total. The van der Waals surface area contributed by atoms with Crippen molar-refractivity contribution in [1.82, 2.24) is 5.32 Å². The van der Waals surface area contributed by atoms with Crippen LogP contribution >= 0.6 is 0 Å². The Morgan fingerprint density at radius 2 is 2.05 bits per heavy atom. The van der Waals surface area contributed by atoms with E-state index in [1.54, 1.807) is 7.11 Å². The normalized spacial score (nSPS) is 16.5. The third-order valence-corrected chi connectivity index (χ3v) is 3.82. The van der Waals surface area contributed by atoms with Gasteiger partial charge in [0, 0.05) is 11.7 Å². The standard InChI is InChI=1S/C15H22N2O2/c1-11(12-4-3-5-12)16-10-15(18)17-13-6-8-14(19-2)9-7-13/h6-9,11-12,16H,3-5,10H2,1-2H3,(H,17,18). The topological polar surface area (TPSA) is 50.4 Å². The molecule has 1 aromatic carbocycles. The molecule has 0 spiro atoms. The molecule has 1 saturated carbocycles. The summed E-state index contributed by atoms with van der Waals surface area (Å²) in [6, 6.07) is 7.77. The zero-order valence-corrected chi connectivity index (χ0v) is 11.6. The maximum absolute atomic E-state index is 11.8. The van der Waals surface area contributed by atoms with Gasteiger partial charge in [0.05, 0.1) is 13.7 Å². The fraction of sp³-hybridized carbons (Fsp3) is 0.533. The van der Waals surface area contributed by atoms with Crippen molar-refractivity contribution in [2.45, 2.75) is 32.2 Å². The van der Waals surface area contributed by atoms with Gasteiger partial charge in [-0.3, -0.25) is 4.79 Å². The van der Waals surface area contributed by atoms with Crippen LogP contribution in [-0.2, 0) is 4.79 Å². The summed E-state index contributed by atoms with van der Waals surface area (Å²) in [6.07, 6.45) is 3.90. The Balaban J connectivity index is 1.73. The van der Waals surface area contributed by atoms with E-state index in [1.807, 2.05) is 24.3 Å². The van der Waals surface area contributed by atoms with Crippen LogP contribution in [0, 0.1) is 5.92 Å². The summed E-state index contributed by atoms with van der Waals surface area (Å²) >= 11 is 0. The molecule has 104 valence electrons. The number of amides is 1. The molecule has 1 fully saturated rings. The lowest BCUT2D eigenvalue weighted by molar-refractivity contribution is -0.115. The van der Waals surface area contributed by atoms with E-state index in [9.17, 15) is 4.79 Å². The van der Waals surface area contributed by atoms with Crippen LogP contribution in [0.4, 0.5) is 5.69 Å². The van der Waals surface area contributed by atoms with E-state index in [0.717, 1.165) is 17.4 Å². The minimum atomic E-state index is -0.00339. The van der Waals surface area contributed by atoms with Crippen LogP contribution in [0.2, 0.25) is 0 Å². The number of hydrogen-bond acceptors (Lipinski definition) is 3. The van der Waals surface area contributed by atoms with E-state index < -0.39 is 0 Å². The van der Waals surface area contributed by atoms with Crippen molar-refractivity contribution < 1.29 is 9.53 Å². The number of benzene rings is 1. The average molecular weight is 262 g/mol. The number of rotatable bonds is 6. The Morgan fingerprint density at radius 1 is 1.37 bits per heavy atom. The van der Waals surface area contributed by atoms with Crippen molar-refractivity contribution in [3.8, 4) is 5.75 Å². The van der Waals surface area contributed by atoms with Gasteiger partial charge < -0.3 is 15.4 Å². The van der Waals surface area contributed by atoms with Crippen molar-refractivity contribution in [3.05, 3.63) is 24.3 Å². The Kier molecular flexibility index (Phi) is 4.80. The van der Waals surface area contributed by atoms with E-state index in [2.05, 4.69) is 17.6 Å². The molecule has 4 heteroatoms. The second kappa shape index (κ2) is 6.57. The van der Waals surface area contributed by atoms with Crippen LogP contribution < -0.4 is 15.4 Å². The van der Waals surface area contributed by atoms with Crippen LogP contribution in [0.15, 0.2) is 24.3 Å². The second-order valence-corrected chi connectivity index (χ2v) is 5.14. The maximum Gasteiger partial charge on any atom is 0.238 e. The predicted octanol–water partition coefficient (Wildman–Crippen LogP) is 2.41. The van der Waals surface area contributed by atoms with Crippen molar-refractivity contribution in [1.29, 1.82) is 0 Å². The van der Waals surface area contributed by atoms with Crippen LogP contribution in [0.1, 0.15) is 26.2 Å². The largest absolute Gasteiger partial charge is 0.497 e. The summed E-state index contributed by atoms with van der Waals surface area (Å²) in [5.74, 6) is 1.53. The molecule has 2 rings (SSSR count). The van der Waals surface area contributed by atoms with E-state index in [-0.39, 0.29) is 5.91 Å². The number of methoxy groups -OCH3 is 1. The molecule has 1 aromatic rings. The van der Waals surface area contributed by atoms with Gasteiger partial charge >= 0.3 is 0 Å². The van der Waals surface area contributed by atoms with E-state index in [1.165, 1.54) is 19.3 Å². The first kappa shape index (κ1) is 13.9. The smallest absolute Gasteiger partial charge is 0.238 e. The Bertz CT molecular complexity index is 413. The lowest BCUT2D eigenvalue weighted by Gasteiger charge is -2.31. The van der Waals surface area contributed by atoms with Crippen molar-refractivity contribution in [2.75, 3.05) is 19.0 Å². The number of ether oxygens (including phenoxy) is 1. The highest BCUT2D eigenvalue weighted by Crippen LogP contribution is 2.29. The SMILES string of the molecule is COc1ccc(NC(=O)CNC(C)C2CCC2)cc1. The summed E-state index contributed by atoms with van der Waals surface area (Å²) in [4.78, 5) is 11.8. The van der Waals surface area contributed by atoms with Gasteiger partial charge in [-0.2, -0.15) is 0 Å². The lowest BCUT2D eigenvalue weighted by Crippen LogP contribution is -2.41. The number of carbonyl (C=O) groups excluding carboxylic acids is 1. The third kappa shape index (κ3) is 3.96. The summed E-state index contributed by atoms with van der Waals surface area (Å²) in [6.45, 7) is 2.52. The molecule has 1 atom stereocenters. The van der Waals surface area contributed by atoms with Gasteiger partial charge in [0.1, 0.15) is 5.75 Å². The van der Waals surface area contributed by atoms with E-state index in [4.69, 9.17) is 4.74 Å².